The van der Waals surface area contributed by atoms with Crippen molar-refractivity contribution in [1.82, 2.24) is 0 Å². The largest absolute Gasteiger partial charge is 0.393 e. The third-order valence-electron chi connectivity index (χ3n) is 5.94. The molecule has 2 aromatic rings. The van der Waals surface area contributed by atoms with Crippen LogP contribution >= 0.6 is 0 Å². The van der Waals surface area contributed by atoms with Crippen molar-refractivity contribution in [3.63, 3.8) is 0 Å². The Labute approximate surface area is 186 Å². The molecule has 5 heteroatoms. The molecule has 31 heavy (non-hydrogen) atoms. The van der Waals surface area contributed by atoms with Crippen LogP contribution in [0.4, 0.5) is 0 Å². The van der Waals surface area contributed by atoms with Crippen LogP contribution in [-0.2, 0) is 21.2 Å². The predicted molar refractivity (Wildman–Crippen MR) is 123 cm³/mol. The summed E-state index contributed by atoms with van der Waals surface area (Å²) >= 11 is 0. The second-order valence-corrected chi connectivity index (χ2v) is 10.3. The zero-order valence-electron chi connectivity index (χ0n) is 19.8. The molecule has 2 rings (SSSR count). The Morgan fingerprint density at radius 3 is 1.29 bits per heavy atom. The summed E-state index contributed by atoms with van der Waals surface area (Å²) in [5.74, 6) is 0. The Bertz CT molecular complexity index is 786. The zero-order valence-corrected chi connectivity index (χ0v) is 19.8. The smallest absolute Gasteiger partial charge is 0.189 e. The number of aliphatic hydroxyl groups excluding tert-OH is 2. The highest BCUT2D eigenvalue weighted by molar-refractivity contribution is 5.44. The van der Waals surface area contributed by atoms with E-state index < -0.39 is 24.1 Å². The van der Waals surface area contributed by atoms with Crippen LogP contribution in [0.25, 0.3) is 0 Å². The summed E-state index contributed by atoms with van der Waals surface area (Å²) in [6.07, 6.45) is -1.81. The molecule has 0 aromatic heterocycles. The van der Waals surface area contributed by atoms with Crippen LogP contribution in [0.5, 0.6) is 0 Å². The molecule has 0 radical (unpaired) electrons. The Kier molecular flexibility index (Phi) is 7.41. The lowest BCUT2D eigenvalue weighted by Crippen LogP contribution is -2.63. The standard InChI is InChI=1S/C26H38O5/c1-8-31-22(28)25(29,17-27)26(30,20-13-9-18(10-14-20)23(2,3)4)21-15-11-19(12-16-21)24(5,6)7/h9-16,22,27-30H,8,17H2,1-7H3. The summed E-state index contributed by atoms with van der Waals surface area (Å²) in [7, 11) is 0. The van der Waals surface area contributed by atoms with Gasteiger partial charge in [-0.15, -0.1) is 0 Å². The van der Waals surface area contributed by atoms with E-state index in [9.17, 15) is 20.4 Å². The highest BCUT2D eigenvalue weighted by Gasteiger charge is 2.57. The van der Waals surface area contributed by atoms with Crippen molar-refractivity contribution in [3.8, 4) is 0 Å². The minimum absolute atomic E-state index is 0.0941. The van der Waals surface area contributed by atoms with Crippen LogP contribution in [0.2, 0.25) is 0 Å². The monoisotopic (exact) mass is 430 g/mol. The first-order valence-corrected chi connectivity index (χ1v) is 10.8. The maximum Gasteiger partial charge on any atom is 0.189 e. The van der Waals surface area contributed by atoms with Gasteiger partial charge in [-0.25, -0.2) is 0 Å². The molecule has 0 heterocycles. The topological polar surface area (TPSA) is 90.2 Å². The summed E-state index contributed by atoms with van der Waals surface area (Å²) < 4.78 is 5.23. The first-order valence-electron chi connectivity index (χ1n) is 10.8. The molecule has 0 saturated heterocycles. The molecule has 0 saturated carbocycles. The molecule has 4 N–H and O–H groups in total. The fourth-order valence-corrected chi connectivity index (χ4v) is 3.76. The molecule has 5 nitrogen and oxygen atoms in total. The van der Waals surface area contributed by atoms with Crippen LogP contribution < -0.4 is 0 Å². The van der Waals surface area contributed by atoms with Gasteiger partial charge in [-0.05, 0) is 40.0 Å². The van der Waals surface area contributed by atoms with E-state index in [-0.39, 0.29) is 17.4 Å². The van der Waals surface area contributed by atoms with Crippen molar-refractivity contribution in [2.75, 3.05) is 13.2 Å². The second-order valence-electron chi connectivity index (χ2n) is 10.3. The van der Waals surface area contributed by atoms with Gasteiger partial charge in [0.25, 0.3) is 0 Å². The third-order valence-corrected chi connectivity index (χ3v) is 5.94. The Hall–Kier alpha value is -1.76. The van der Waals surface area contributed by atoms with Crippen LogP contribution in [0.1, 0.15) is 70.7 Å². The van der Waals surface area contributed by atoms with E-state index in [1.807, 2.05) is 24.3 Å². The number of rotatable bonds is 7. The molecule has 2 unspecified atom stereocenters. The summed E-state index contributed by atoms with van der Waals surface area (Å²) in [6, 6.07) is 14.4. The minimum atomic E-state index is -2.39. The van der Waals surface area contributed by atoms with Gasteiger partial charge in [0.15, 0.2) is 17.5 Å². The van der Waals surface area contributed by atoms with Crippen LogP contribution in [0.15, 0.2) is 48.5 Å². The van der Waals surface area contributed by atoms with Gasteiger partial charge in [0.05, 0.1) is 6.61 Å². The number of aliphatic hydroxyl groups is 4. The van der Waals surface area contributed by atoms with Crippen molar-refractivity contribution in [3.05, 3.63) is 70.8 Å². The van der Waals surface area contributed by atoms with E-state index in [0.29, 0.717) is 11.1 Å². The lowest BCUT2D eigenvalue weighted by atomic mass is 9.71. The van der Waals surface area contributed by atoms with Crippen molar-refractivity contribution in [1.29, 1.82) is 0 Å². The fourth-order valence-electron chi connectivity index (χ4n) is 3.76. The van der Waals surface area contributed by atoms with Gasteiger partial charge in [-0.1, -0.05) is 90.1 Å². The lowest BCUT2D eigenvalue weighted by Gasteiger charge is -2.45. The Morgan fingerprint density at radius 1 is 0.710 bits per heavy atom. The van der Waals surface area contributed by atoms with Gasteiger partial charge < -0.3 is 25.2 Å². The molecule has 0 bridgehead atoms. The molecular formula is C26H38O5. The molecule has 0 fully saturated rings. The fraction of sp³-hybridized carbons (Fsp3) is 0.538. The van der Waals surface area contributed by atoms with E-state index in [1.165, 1.54) is 0 Å². The van der Waals surface area contributed by atoms with Gasteiger partial charge in [0.2, 0.25) is 0 Å². The zero-order chi connectivity index (χ0) is 23.7. The summed E-state index contributed by atoms with van der Waals surface area (Å²) in [6.45, 7) is 13.4. The van der Waals surface area contributed by atoms with Crippen molar-refractivity contribution < 1.29 is 25.2 Å². The SMILES string of the molecule is CCOC(O)C(O)(CO)C(O)(c1ccc(C(C)(C)C)cc1)c1ccc(C(C)(C)C)cc1. The molecule has 172 valence electrons. The molecule has 2 aromatic carbocycles. The second kappa shape index (κ2) is 9.00. The highest BCUT2D eigenvalue weighted by Crippen LogP contribution is 2.43. The third kappa shape index (κ3) is 4.86. The number of hydrogen-bond donors (Lipinski definition) is 4. The van der Waals surface area contributed by atoms with Crippen molar-refractivity contribution in [2.45, 2.75) is 76.8 Å². The quantitative estimate of drug-likeness (QED) is 0.504. The van der Waals surface area contributed by atoms with E-state index in [2.05, 4.69) is 41.5 Å². The molecule has 0 aliphatic carbocycles. The normalized spacial score (nSPS) is 16.1. The van der Waals surface area contributed by atoms with E-state index in [1.54, 1.807) is 31.2 Å². The maximum absolute atomic E-state index is 12.0. The van der Waals surface area contributed by atoms with Gasteiger partial charge in [-0.3, -0.25) is 0 Å². The van der Waals surface area contributed by atoms with E-state index >= 15 is 0 Å². The van der Waals surface area contributed by atoms with E-state index in [0.717, 1.165) is 11.1 Å². The van der Waals surface area contributed by atoms with Crippen LogP contribution in [-0.4, -0.2) is 45.5 Å². The molecule has 0 amide bonds. The molecular weight excluding hydrogens is 392 g/mol. The summed E-state index contributed by atoms with van der Waals surface area (Å²) in [5.41, 5.74) is -1.90. The van der Waals surface area contributed by atoms with Crippen LogP contribution in [0.3, 0.4) is 0 Å². The Morgan fingerprint density at radius 2 is 1.03 bits per heavy atom. The minimum Gasteiger partial charge on any atom is -0.393 e. The number of ether oxygens (including phenoxy) is 1. The first-order chi connectivity index (χ1) is 14.2. The lowest BCUT2D eigenvalue weighted by molar-refractivity contribution is -0.281. The number of benzene rings is 2. The maximum atomic E-state index is 12.0. The molecule has 2 atom stereocenters. The van der Waals surface area contributed by atoms with Gasteiger partial charge >= 0.3 is 0 Å². The molecule has 0 spiro atoms. The number of hydrogen-bond acceptors (Lipinski definition) is 5. The van der Waals surface area contributed by atoms with E-state index in [4.69, 9.17) is 4.74 Å². The van der Waals surface area contributed by atoms with Crippen molar-refractivity contribution >= 4 is 0 Å². The highest BCUT2D eigenvalue weighted by atomic mass is 16.6. The predicted octanol–water partition coefficient (Wildman–Crippen LogP) is 3.60. The summed E-state index contributed by atoms with van der Waals surface area (Å²) in [4.78, 5) is 0. The first kappa shape index (κ1) is 25.5. The average Bonchev–Trinajstić information content (AvgIpc) is 2.71. The van der Waals surface area contributed by atoms with Gasteiger partial charge in [-0.2, -0.15) is 0 Å². The molecule has 0 aliphatic rings. The summed E-state index contributed by atoms with van der Waals surface area (Å²) in [5, 5.41) is 44.2. The van der Waals surface area contributed by atoms with Gasteiger partial charge in [0, 0.05) is 6.61 Å². The average molecular weight is 431 g/mol. The van der Waals surface area contributed by atoms with Crippen molar-refractivity contribution in [2.24, 2.45) is 0 Å². The Balaban J connectivity index is 2.72. The van der Waals surface area contributed by atoms with Crippen LogP contribution in [0, 0.1) is 0 Å². The molecule has 0 aliphatic heterocycles. The van der Waals surface area contributed by atoms with Gasteiger partial charge in [0.1, 0.15) is 0 Å².